The maximum atomic E-state index is 12.7. The molecule has 3 aliphatic rings. The van der Waals surface area contributed by atoms with Gasteiger partial charge in [0.1, 0.15) is 0 Å². The SMILES string of the molecule is COCC1CCC2(CCN(C(=O)c3cnn(C)c3)CC2)N1CC1CC1. The van der Waals surface area contributed by atoms with Crippen molar-refractivity contribution in [3.63, 3.8) is 0 Å². The number of rotatable bonds is 5. The first kappa shape index (κ1) is 17.0. The molecule has 2 saturated heterocycles. The van der Waals surface area contributed by atoms with Gasteiger partial charge >= 0.3 is 0 Å². The van der Waals surface area contributed by atoms with Gasteiger partial charge in [0.15, 0.2) is 0 Å². The Hall–Kier alpha value is -1.40. The Balaban J connectivity index is 1.43. The van der Waals surface area contributed by atoms with E-state index in [1.54, 1.807) is 10.9 Å². The van der Waals surface area contributed by atoms with Crippen molar-refractivity contribution >= 4 is 5.91 Å². The maximum Gasteiger partial charge on any atom is 0.257 e. The number of aryl methyl sites for hydroxylation is 1. The first-order valence-electron chi connectivity index (χ1n) is 9.65. The Morgan fingerprint density at radius 2 is 2.04 bits per heavy atom. The third-order valence-electron chi connectivity index (χ3n) is 6.44. The summed E-state index contributed by atoms with van der Waals surface area (Å²) in [4.78, 5) is 17.5. The predicted molar refractivity (Wildman–Crippen MR) is 95.4 cm³/mol. The van der Waals surface area contributed by atoms with Gasteiger partial charge in [0.25, 0.3) is 5.91 Å². The number of amides is 1. The molecule has 1 saturated carbocycles. The van der Waals surface area contributed by atoms with E-state index in [0.29, 0.717) is 11.6 Å². The van der Waals surface area contributed by atoms with Crippen molar-refractivity contribution < 1.29 is 9.53 Å². The largest absolute Gasteiger partial charge is 0.383 e. The molecule has 4 rings (SSSR count). The molecule has 1 aromatic rings. The minimum absolute atomic E-state index is 0.128. The molecule has 1 unspecified atom stereocenters. The van der Waals surface area contributed by atoms with Gasteiger partial charge in [0.05, 0.1) is 18.4 Å². The molecule has 1 amide bonds. The van der Waals surface area contributed by atoms with Crippen LogP contribution in [0.2, 0.25) is 0 Å². The van der Waals surface area contributed by atoms with Crippen molar-refractivity contribution in [2.45, 2.75) is 50.1 Å². The Morgan fingerprint density at radius 3 is 2.64 bits per heavy atom. The normalized spacial score (nSPS) is 26.5. The van der Waals surface area contributed by atoms with Gasteiger partial charge in [-0.2, -0.15) is 5.10 Å². The number of ether oxygens (including phenoxy) is 1. The van der Waals surface area contributed by atoms with E-state index in [9.17, 15) is 4.79 Å². The van der Waals surface area contributed by atoms with Gasteiger partial charge in [0, 0.05) is 51.6 Å². The summed E-state index contributed by atoms with van der Waals surface area (Å²) >= 11 is 0. The molecule has 6 heteroatoms. The zero-order chi connectivity index (χ0) is 17.4. The number of methoxy groups -OCH3 is 1. The fourth-order valence-corrected chi connectivity index (χ4v) is 4.79. The zero-order valence-corrected chi connectivity index (χ0v) is 15.5. The summed E-state index contributed by atoms with van der Waals surface area (Å²) in [6.45, 7) is 3.78. The summed E-state index contributed by atoms with van der Waals surface area (Å²) in [5, 5.41) is 4.13. The summed E-state index contributed by atoms with van der Waals surface area (Å²) < 4.78 is 7.19. The second kappa shape index (κ2) is 6.72. The van der Waals surface area contributed by atoms with Crippen LogP contribution in [0.25, 0.3) is 0 Å². The van der Waals surface area contributed by atoms with Crippen LogP contribution in [0.1, 0.15) is 48.9 Å². The Kier molecular flexibility index (Phi) is 4.58. The Bertz CT molecular complexity index is 617. The molecule has 138 valence electrons. The molecule has 0 bridgehead atoms. The van der Waals surface area contributed by atoms with Crippen LogP contribution < -0.4 is 0 Å². The third kappa shape index (κ3) is 3.34. The van der Waals surface area contributed by atoms with Crippen LogP contribution in [-0.2, 0) is 11.8 Å². The molecule has 3 fully saturated rings. The fraction of sp³-hybridized carbons (Fsp3) is 0.789. The number of carbonyl (C=O) groups excluding carboxylic acids is 1. The summed E-state index contributed by atoms with van der Waals surface area (Å²) in [5.74, 6) is 1.02. The van der Waals surface area contributed by atoms with Crippen molar-refractivity contribution in [2.75, 3.05) is 33.4 Å². The average Bonchev–Trinajstić information content (AvgIpc) is 3.26. The Labute approximate surface area is 150 Å². The first-order valence-corrected chi connectivity index (χ1v) is 9.65. The maximum absolute atomic E-state index is 12.7. The minimum atomic E-state index is 0.128. The van der Waals surface area contributed by atoms with Gasteiger partial charge in [0.2, 0.25) is 0 Å². The van der Waals surface area contributed by atoms with Crippen LogP contribution in [0.15, 0.2) is 12.4 Å². The quantitative estimate of drug-likeness (QED) is 0.817. The fourth-order valence-electron chi connectivity index (χ4n) is 4.79. The van der Waals surface area contributed by atoms with E-state index in [4.69, 9.17) is 4.74 Å². The van der Waals surface area contributed by atoms with Gasteiger partial charge in [-0.25, -0.2) is 0 Å². The van der Waals surface area contributed by atoms with E-state index in [1.807, 2.05) is 25.3 Å². The van der Waals surface area contributed by atoms with Crippen molar-refractivity contribution in [1.29, 1.82) is 0 Å². The van der Waals surface area contributed by atoms with Crippen LogP contribution in [-0.4, -0.2) is 70.4 Å². The molecule has 1 spiro atoms. The number of nitrogens with zero attached hydrogens (tertiary/aromatic N) is 4. The van der Waals surface area contributed by atoms with E-state index >= 15 is 0 Å². The molecule has 0 aromatic carbocycles. The topological polar surface area (TPSA) is 50.6 Å². The van der Waals surface area contributed by atoms with Gasteiger partial charge in [-0.3, -0.25) is 14.4 Å². The monoisotopic (exact) mass is 346 g/mol. The lowest BCUT2D eigenvalue weighted by molar-refractivity contribution is 0.00912. The van der Waals surface area contributed by atoms with E-state index in [0.717, 1.165) is 38.5 Å². The summed E-state index contributed by atoms with van der Waals surface area (Å²) in [5.41, 5.74) is 0.995. The lowest BCUT2D eigenvalue weighted by Crippen LogP contribution is -2.56. The third-order valence-corrected chi connectivity index (χ3v) is 6.44. The second-order valence-corrected chi connectivity index (χ2v) is 8.16. The van der Waals surface area contributed by atoms with Crippen LogP contribution in [0.4, 0.5) is 0 Å². The average molecular weight is 346 g/mol. The van der Waals surface area contributed by atoms with Gasteiger partial charge in [-0.05, 0) is 44.4 Å². The molecule has 0 radical (unpaired) electrons. The number of likely N-dealkylation sites (tertiary alicyclic amines) is 2. The van der Waals surface area contributed by atoms with E-state index in [-0.39, 0.29) is 11.4 Å². The molecule has 2 aliphatic heterocycles. The number of hydrogen-bond acceptors (Lipinski definition) is 4. The molecule has 1 aliphatic carbocycles. The zero-order valence-electron chi connectivity index (χ0n) is 15.5. The highest BCUT2D eigenvalue weighted by Gasteiger charge is 2.49. The number of aromatic nitrogens is 2. The van der Waals surface area contributed by atoms with Crippen LogP contribution in [0.3, 0.4) is 0 Å². The van der Waals surface area contributed by atoms with Gasteiger partial charge < -0.3 is 9.64 Å². The number of piperidine rings is 1. The van der Waals surface area contributed by atoms with Crippen LogP contribution in [0, 0.1) is 5.92 Å². The summed E-state index contributed by atoms with van der Waals surface area (Å²) in [7, 11) is 3.67. The molecule has 6 nitrogen and oxygen atoms in total. The van der Waals surface area contributed by atoms with Crippen LogP contribution >= 0.6 is 0 Å². The minimum Gasteiger partial charge on any atom is -0.383 e. The second-order valence-electron chi connectivity index (χ2n) is 8.16. The molecule has 25 heavy (non-hydrogen) atoms. The van der Waals surface area contributed by atoms with E-state index < -0.39 is 0 Å². The lowest BCUT2D eigenvalue weighted by Gasteiger charge is -2.46. The molecule has 1 atom stereocenters. The van der Waals surface area contributed by atoms with E-state index in [2.05, 4.69) is 10.00 Å². The number of carbonyl (C=O) groups is 1. The molecular weight excluding hydrogens is 316 g/mol. The molecule has 1 aromatic heterocycles. The highest BCUT2D eigenvalue weighted by atomic mass is 16.5. The van der Waals surface area contributed by atoms with E-state index in [1.165, 1.54) is 32.2 Å². The summed E-state index contributed by atoms with van der Waals surface area (Å²) in [6.07, 6.45) is 10.9. The standard InChI is InChI=1S/C19H30N4O2/c1-21-13-16(11-20-21)18(24)22-9-7-19(8-10-22)6-5-17(14-25-2)23(19)12-15-3-4-15/h11,13,15,17H,3-10,12,14H2,1-2H3. The highest BCUT2D eigenvalue weighted by Crippen LogP contribution is 2.44. The molecule has 0 N–H and O–H groups in total. The van der Waals surface area contributed by atoms with Gasteiger partial charge in [-0.15, -0.1) is 0 Å². The number of hydrogen-bond donors (Lipinski definition) is 0. The summed E-state index contributed by atoms with van der Waals surface area (Å²) in [6, 6.07) is 0.561. The van der Waals surface area contributed by atoms with Crippen molar-refractivity contribution in [2.24, 2.45) is 13.0 Å². The van der Waals surface area contributed by atoms with Crippen LogP contribution in [0.5, 0.6) is 0 Å². The van der Waals surface area contributed by atoms with Crippen molar-refractivity contribution in [1.82, 2.24) is 19.6 Å². The predicted octanol–water partition coefficient (Wildman–Crippen LogP) is 1.92. The smallest absolute Gasteiger partial charge is 0.257 e. The lowest BCUT2D eigenvalue weighted by atomic mass is 9.84. The van der Waals surface area contributed by atoms with Gasteiger partial charge in [-0.1, -0.05) is 0 Å². The highest BCUT2D eigenvalue weighted by molar-refractivity contribution is 5.93. The first-order chi connectivity index (χ1) is 12.1. The molecular formula is C19H30N4O2. The molecule has 3 heterocycles. The Morgan fingerprint density at radius 1 is 1.28 bits per heavy atom. The van der Waals surface area contributed by atoms with Crippen molar-refractivity contribution in [3.8, 4) is 0 Å². The van der Waals surface area contributed by atoms with Crippen molar-refractivity contribution in [3.05, 3.63) is 18.0 Å².